The number of hydrogen-bond acceptors (Lipinski definition) is 1. The van der Waals surface area contributed by atoms with Gasteiger partial charge in [0.2, 0.25) is 0 Å². The van der Waals surface area contributed by atoms with Gasteiger partial charge in [0.05, 0.1) is 0 Å². The smallest absolute Gasteiger partial charge is 0.133 e. The fraction of sp³-hybridized carbons (Fsp3) is 0.727. The predicted octanol–water partition coefficient (Wildman–Crippen LogP) is 3.25. The highest BCUT2D eigenvalue weighted by atomic mass is 16.1. The zero-order valence-electron chi connectivity index (χ0n) is 8.15. The summed E-state index contributed by atoms with van der Waals surface area (Å²) in [5, 5.41) is 0. The highest BCUT2D eigenvalue weighted by molar-refractivity contribution is 5.80. The standard InChI is InChI=1S/C11H18O/c1-3-9(4-2)10-5-7-11(12)8-6-10/h3-8H2,1-2H3. The van der Waals surface area contributed by atoms with E-state index in [1.807, 2.05) is 0 Å². The summed E-state index contributed by atoms with van der Waals surface area (Å²) in [7, 11) is 0. The molecule has 0 spiro atoms. The van der Waals surface area contributed by atoms with E-state index in [2.05, 4.69) is 13.8 Å². The summed E-state index contributed by atoms with van der Waals surface area (Å²) in [5.41, 5.74) is 3.15. The molecule has 1 saturated carbocycles. The Hall–Kier alpha value is -0.590. The maximum absolute atomic E-state index is 11.0. The van der Waals surface area contributed by atoms with Crippen LogP contribution in [0.2, 0.25) is 0 Å². The number of carbonyl (C=O) groups excluding carboxylic acids is 1. The summed E-state index contributed by atoms with van der Waals surface area (Å²) < 4.78 is 0. The van der Waals surface area contributed by atoms with Crippen molar-refractivity contribution in [1.82, 2.24) is 0 Å². The molecule has 1 aliphatic carbocycles. The first-order chi connectivity index (χ1) is 5.77. The van der Waals surface area contributed by atoms with E-state index in [0.29, 0.717) is 5.78 Å². The van der Waals surface area contributed by atoms with Crippen molar-refractivity contribution >= 4 is 5.78 Å². The quantitative estimate of drug-likeness (QED) is 0.575. The second-order valence-electron chi connectivity index (χ2n) is 3.45. The van der Waals surface area contributed by atoms with Crippen LogP contribution in [0.15, 0.2) is 11.1 Å². The molecule has 1 aliphatic rings. The van der Waals surface area contributed by atoms with E-state index in [-0.39, 0.29) is 0 Å². The SMILES string of the molecule is CCC(CC)=C1CCC(=O)CC1. The molecular formula is C11H18O. The largest absolute Gasteiger partial charge is 0.300 e. The molecule has 1 fully saturated rings. The van der Waals surface area contributed by atoms with Crippen LogP contribution in [0, 0.1) is 0 Å². The first-order valence-corrected chi connectivity index (χ1v) is 4.99. The average Bonchev–Trinajstić information content (AvgIpc) is 2.10. The van der Waals surface area contributed by atoms with Crippen LogP contribution in [0.1, 0.15) is 52.4 Å². The predicted molar refractivity (Wildman–Crippen MR) is 51.1 cm³/mol. The molecule has 0 radical (unpaired) electrons. The highest BCUT2D eigenvalue weighted by Crippen LogP contribution is 2.26. The zero-order chi connectivity index (χ0) is 8.97. The third kappa shape index (κ3) is 2.20. The van der Waals surface area contributed by atoms with Gasteiger partial charge in [0, 0.05) is 12.8 Å². The number of hydrogen-bond donors (Lipinski definition) is 0. The molecule has 0 aliphatic heterocycles. The summed E-state index contributed by atoms with van der Waals surface area (Å²) in [4.78, 5) is 11.0. The number of allylic oxidation sites excluding steroid dienone is 2. The van der Waals surface area contributed by atoms with Gasteiger partial charge in [0.15, 0.2) is 0 Å². The summed E-state index contributed by atoms with van der Waals surface area (Å²) in [6.45, 7) is 4.42. The van der Waals surface area contributed by atoms with Gasteiger partial charge in [-0.05, 0) is 25.7 Å². The van der Waals surface area contributed by atoms with E-state index in [1.165, 1.54) is 12.8 Å². The number of carbonyl (C=O) groups is 1. The van der Waals surface area contributed by atoms with E-state index in [9.17, 15) is 4.79 Å². The molecule has 1 heteroatoms. The maximum atomic E-state index is 11.0. The molecule has 0 atom stereocenters. The van der Waals surface area contributed by atoms with Crippen LogP contribution in [0.25, 0.3) is 0 Å². The van der Waals surface area contributed by atoms with Crippen LogP contribution in [0.3, 0.4) is 0 Å². The molecule has 0 aromatic heterocycles. The van der Waals surface area contributed by atoms with Crippen LogP contribution < -0.4 is 0 Å². The molecule has 0 bridgehead atoms. The molecule has 0 heterocycles. The summed E-state index contributed by atoms with van der Waals surface area (Å²) in [5.74, 6) is 0.449. The minimum Gasteiger partial charge on any atom is -0.300 e. The van der Waals surface area contributed by atoms with Crippen LogP contribution >= 0.6 is 0 Å². The van der Waals surface area contributed by atoms with Crippen molar-refractivity contribution in [2.75, 3.05) is 0 Å². The van der Waals surface area contributed by atoms with Crippen molar-refractivity contribution in [2.45, 2.75) is 52.4 Å². The van der Waals surface area contributed by atoms with E-state index < -0.39 is 0 Å². The van der Waals surface area contributed by atoms with Gasteiger partial charge in [-0.1, -0.05) is 25.0 Å². The Kier molecular flexibility index (Phi) is 3.51. The lowest BCUT2D eigenvalue weighted by Crippen LogP contribution is -2.07. The van der Waals surface area contributed by atoms with E-state index in [1.54, 1.807) is 11.1 Å². The lowest BCUT2D eigenvalue weighted by Gasteiger charge is -2.17. The van der Waals surface area contributed by atoms with Gasteiger partial charge in [-0.2, -0.15) is 0 Å². The topological polar surface area (TPSA) is 17.1 Å². The Balaban J connectivity index is 2.62. The van der Waals surface area contributed by atoms with Crippen molar-refractivity contribution in [1.29, 1.82) is 0 Å². The molecule has 0 amide bonds. The third-order valence-corrected chi connectivity index (χ3v) is 2.76. The Bertz CT molecular complexity index is 183. The van der Waals surface area contributed by atoms with Crippen molar-refractivity contribution in [3.8, 4) is 0 Å². The summed E-state index contributed by atoms with van der Waals surface area (Å²) >= 11 is 0. The Morgan fingerprint density at radius 3 is 2.00 bits per heavy atom. The minimum absolute atomic E-state index is 0.449. The fourth-order valence-corrected chi connectivity index (χ4v) is 1.93. The maximum Gasteiger partial charge on any atom is 0.133 e. The number of Topliss-reactive ketones (excluding diaryl/α,β-unsaturated/α-hetero) is 1. The van der Waals surface area contributed by atoms with Crippen LogP contribution in [0.5, 0.6) is 0 Å². The second kappa shape index (κ2) is 4.44. The lowest BCUT2D eigenvalue weighted by molar-refractivity contribution is -0.119. The molecule has 0 unspecified atom stereocenters. The highest BCUT2D eigenvalue weighted by Gasteiger charge is 2.14. The van der Waals surface area contributed by atoms with E-state index in [4.69, 9.17) is 0 Å². The number of ketones is 1. The summed E-state index contributed by atoms with van der Waals surface area (Å²) in [6, 6.07) is 0. The third-order valence-electron chi connectivity index (χ3n) is 2.76. The van der Waals surface area contributed by atoms with Gasteiger partial charge in [-0.3, -0.25) is 4.79 Å². The number of rotatable bonds is 2. The van der Waals surface area contributed by atoms with Gasteiger partial charge < -0.3 is 0 Å². The first-order valence-electron chi connectivity index (χ1n) is 4.99. The Labute approximate surface area is 74.9 Å². The minimum atomic E-state index is 0.449. The molecule has 0 saturated heterocycles. The van der Waals surface area contributed by atoms with E-state index in [0.717, 1.165) is 25.7 Å². The van der Waals surface area contributed by atoms with Gasteiger partial charge >= 0.3 is 0 Å². The molecule has 0 aromatic carbocycles. The molecule has 1 rings (SSSR count). The van der Waals surface area contributed by atoms with Gasteiger partial charge in [0.25, 0.3) is 0 Å². The molecule has 0 aromatic rings. The van der Waals surface area contributed by atoms with Crippen LogP contribution in [0.4, 0.5) is 0 Å². The second-order valence-corrected chi connectivity index (χ2v) is 3.45. The Morgan fingerprint density at radius 2 is 1.58 bits per heavy atom. The molecule has 0 N–H and O–H groups in total. The Morgan fingerprint density at radius 1 is 1.08 bits per heavy atom. The van der Waals surface area contributed by atoms with Crippen molar-refractivity contribution in [3.63, 3.8) is 0 Å². The zero-order valence-corrected chi connectivity index (χ0v) is 8.15. The lowest BCUT2D eigenvalue weighted by atomic mass is 9.88. The molecule has 68 valence electrons. The first kappa shape index (κ1) is 9.50. The monoisotopic (exact) mass is 166 g/mol. The molecule has 12 heavy (non-hydrogen) atoms. The molecular weight excluding hydrogens is 148 g/mol. The van der Waals surface area contributed by atoms with Gasteiger partial charge in [-0.15, -0.1) is 0 Å². The van der Waals surface area contributed by atoms with Gasteiger partial charge in [0.1, 0.15) is 5.78 Å². The average molecular weight is 166 g/mol. The fourth-order valence-electron chi connectivity index (χ4n) is 1.93. The molecule has 1 nitrogen and oxygen atoms in total. The van der Waals surface area contributed by atoms with Gasteiger partial charge in [-0.25, -0.2) is 0 Å². The van der Waals surface area contributed by atoms with E-state index >= 15 is 0 Å². The summed E-state index contributed by atoms with van der Waals surface area (Å²) in [6.07, 6.45) is 5.99. The van der Waals surface area contributed by atoms with Crippen molar-refractivity contribution in [2.24, 2.45) is 0 Å². The normalized spacial score (nSPS) is 18.2. The van der Waals surface area contributed by atoms with Crippen LogP contribution in [-0.4, -0.2) is 5.78 Å². The van der Waals surface area contributed by atoms with Crippen molar-refractivity contribution < 1.29 is 4.79 Å². The van der Waals surface area contributed by atoms with Crippen molar-refractivity contribution in [3.05, 3.63) is 11.1 Å². The van der Waals surface area contributed by atoms with Crippen LogP contribution in [-0.2, 0) is 4.79 Å².